The summed E-state index contributed by atoms with van der Waals surface area (Å²) in [6.07, 6.45) is 1.71. The third kappa shape index (κ3) is 4.10. The average Bonchev–Trinajstić information content (AvgIpc) is 3.33. The lowest BCUT2D eigenvalue weighted by molar-refractivity contribution is -0.124. The van der Waals surface area contributed by atoms with Crippen LogP contribution in [0.1, 0.15) is 26.7 Å². The summed E-state index contributed by atoms with van der Waals surface area (Å²) < 4.78 is 4.96. The number of ether oxygens (including phenoxy) is 1. The first kappa shape index (κ1) is 16.6. The van der Waals surface area contributed by atoms with E-state index in [1.165, 1.54) is 0 Å². The summed E-state index contributed by atoms with van der Waals surface area (Å²) in [4.78, 5) is 27.4. The zero-order valence-corrected chi connectivity index (χ0v) is 13.3. The lowest BCUT2D eigenvalue weighted by atomic mass is 9.98. The quantitative estimate of drug-likeness (QED) is 0.802. The molecule has 1 N–H and O–H groups in total. The van der Waals surface area contributed by atoms with Crippen molar-refractivity contribution in [3.63, 3.8) is 0 Å². The fraction of sp³-hybridized carbons (Fsp3) is 0.800. The second-order valence-electron chi connectivity index (χ2n) is 6.10. The molecule has 2 rings (SSSR count). The molecule has 7 nitrogen and oxygen atoms in total. The van der Waals surface area contributed by atoms with Crippen LogP contribution in [0.3, 0.4) is 0 Å². The van der Waals surface area contributed by atoms with Gasteiger partial charge in [-0.3, -0.25) is 9.69 Å². The number of amides is 2. The summed E-state index contributed by atoms with van der Waals surface area (Å²) >= 11 is 0. The van der Waals surface area contributed by atoms with Crippen molar-refractivity contribution >= 4 is 12.0 Å². The Morgan fingerprint density at radius 1 is 1.32 bits per heavy atom. The first-order valence-corrected chi connectivity index (χ1v) is 7.85. The predicted molar refractivity (Wildman–Crippen MR) is 79.9 cm³/mol. The lowest BCUT2D eigenvalue weighted by Crippen LogP contribution is -2.54. The number of hydrogen-bond acceptors (Lipinski definition) is 5. The van der Waals surface area contributed by atoms with Gasteiger partial charge in [0.1, 0.15) is 5.54 Å². The molecule has 1 heterocycles. The minimum Gasteiger partial charge on any atom is -0.450 e. The van der Waals surface area contributed by atoms with Crippen LogP contribution in [0.5, 0.6) is 0 Å². The molecule has 1 saturated carbocycles. The van der Waals surface area contributed by atoms with E-state index in [4.69, 9.17) is 4.74 Å². The third-order valence-electron chi connectivity index (χ3n) is 4.29. The van der Waals surface area contributed by atoms with Gasteiger partial charge in [0.15, 0.2) is 0 Å². The molecular formula is C15H24N4O3. The highest BCUT2D eigenvalue weighted by molar-refractivity contribution is 5.79. The predicted octanol–water partition coefficient (Wildman–Crippen LogP) is 0.569. The van der Waals surface area contributed by atoms with Crippen molar-refractivity contribution in [3.8, 4) is 6.07 Å². The van der Waals surface area contributed by atoms with E-state index in [1.54, 1.807) is 18.7 Å². The van der Waals surface area contributed by atoms with Gasteiger partial charge in [-0.1, -0.05) is 0 Å². The Morgan fingerprint density at radius 2 is 1.95 bits per heavy atom. The van der Waals surface area contributed by atoms with Gasteiger partial charge in [-0.2, -0.15) is 5.26 Å². The van der Waals surface area contributed by atoms with E-state index < -0.39 is 5.54 Å². The van der Waals surface area contributed by atoms with E-state index in [9.17, 15) is 14.9 Å². The Balaban J connectivity index is 1.75. The lowest BCUT2D eigenvalue weighted by Gasteiger charge is -2.34. The van der Waals surface area contributed by atoms with Crippen LogP contribution in [0, 0.1) is 17.2 Å². The fourth-order valence-electron chi connectivity index (χ4n) is 2.72. The van der Waals surface area contributed by atoms with Crippen molar-refractivity contribution in [1.29, 1.82) is 5.26 Å². The SMILES string of the molecule is CCOC(=O)N1CCN(CC(=O)N[C@](C)(C#N)C2CC2)CC1. The van der Waals surface area contributed by atoms with Crippen LogP contribution in [-0.4, -0.2) is 66.7 Å². The summed E-state index contributed by atoms with van der Waals surface area (Å²) in [7, 11) is 0. The molecule has 7 heteroatoms. The average molecular weight is 308 g/mol. The molecule has 0 bridgehead atoms. The minimum atomic E-state index is -0.746. The van der Waals surface area contributed by atoms with Crippen LogP contribution >= 0.6 is 0 Å². The Hall–Kier alpha value is -1.81. The number of rotatable bonds is 5. The first-order valence-electron chi connectivity index (χ1n) is 7.85. The molecule has 0 spiro atoms. The first-order chi connectivity index (χ1) is 10.5. The highest BCUT2D eigenvalue weighted by Gasteiger charge is 2.43. The number of piperazine rings is 1. The van der Waals surface area contributed by atoms with E-state index in [0.717, 1.165) is 12.8 Å². The molecule has 0 radical (unpaired) electrons. The number of hydrogen-bond donors (Lipinski definition) is 1. The normalized spacial score (nSPS) is 21.6. The van der Waals surface area contributed by atoms with Gasteiger partial charge in [0, 0.05) is 26.2 Å². The monoisotopic (exact) mass is 308 g/mol. The maximum Gasteiger partial charge on any atom is 0.409 e. The van der Waals surface area contributed by atoms with Gasteiger partial charge >= 0.3 is 6.09 Å². The Bertz CT molecular complexity index is 464. The molecule has 1 aliphatic carbocycles. The van der Waals surface area contributed by atoms with Gasteiger partial charge in [0.25, 0.3) is 0 Å². The Morgan fingerprint density at radius 3 is 2.45 bits per heavy atom. The van der Waals surface area contributed by atoms with Crippen molar-refractivity contribution in [2.75, 3.05) is 39.3 Å². The van der Waals surface area contributed by atoms with Crippen LogP contribution in [0.25, 0.3) is 0 Å². The highest BCUT2D eigenvalue weighted by atomic mass is 16.6. The molecule has 2 fully saturated rings. The highest BCUT2D eigenvalue weighted by Crippen LogP contribution is 2.39. The summed E-state index contributed by atoms with van der Waals surface area (Å²) in [5.41, 5.74) is -0.746. The van der Waals surface area contributed by atoms with Gasteiger partial charge in [-0.15, -0.1) is 0 Å². The summed E-state index contributed by atoms with van der Waals surface area (Å²) in [5.74, 6) is 0.155. The molecular weight excluding hydrogens is 284 g/mol. The van der Waals surface area contributed by atoms with Crippen molar-refractivity contribution in [3.05, 3.63) is 0 Å². The largest absolute Gasteiger partial charge is 0.450 e. The van der Waals surface area contributed by atoms with Gasteiger partial charge in [0.05, 0.1) is 19.2 Å². The Kier molecular flexibility index (Phi) is 5.24. The zero-order valence-electron chi connectivity index (χ0n) is 13.3. The molecule has 0 unspecified atom stereocenters. The second kappa shape index (κ2) is 6.97. The number of carbonyl (C=O) groups excluding carboxylic acids is 2. The number of nitriles is 1. The number of carbonyl (C=O) groups is 2. The molecule has 1 saturated heterocycles. The fourth-order valence-corrected chi connectivity index (χ4v) is 2.72. The van der Waals surface area contributed by atoms with Crippen LogP contribution < -0.4 is 5.32 Å². The van der Waals surface area contributed by atoms with Crippen molar-refractivity contribution in [2.45, 2.75) is 32.2 Å². The second-order valence-corrected chi connectivity index (χ2v) is 6.10. The van der Waals surface area contributed by atoms with Gasteiger partial charge in [0.2, 0.25) is 5.91 Å². The molecule has 1 aliphatic heterocycles. The minimum absolute atomic E-state index is 0.125. The number of nitrogens with zero attached hydrogens (tertiary/aromatic N) is 3. The van der Waals surface area contributed by atoms with Crippen molar-refractivity contribution in [1.82, 2.24) is 15.1 Å². The number of nitrogens with one attached hydrogen (secondary N) is 1. The Labute approximate surface area is 131 Å². The summed E-state index contributed by atoms with van der Waals surface area (Å²) in [6.45, 7) is 6.61. The van der Waals surface area contributed by atoms with Gasteiger partial charge < -0.3 is 15.0 Å². The van der Waals surface area contributed by atoms with Crippen molar-refractivity contribution in [2.24, 2.45) is 5.92 Å². The standard InChI is InChI=1S/C15H24N4O3/c1-3-22-14(21)19-8-6-18(7-9-19)10-13(20)17-15(2,11-16)12-4-5-12/h12H,3-10H2,1-2H3,(H,17,20)/t15-/m1/s1. The van der Waals surface area contributed by atoms with Crippen LogP contribution in [0.15, 0.2) is 0 Å². The maximum atomic E-state index is 12.1. The molecule has 0 aromatic rings. The van der Waals surface area contributed by atoms with Gasteiger partial charge in [-0.05, 0) is 32.6 Å². The molecule has 122 valence electrons. The van der Waals surface area contributed by atoms with Gasteiger partial charge in [-0.25, -0.2) is 4.79 Å². The molecule has 1 atom stereocenters. The molecule has 2 aliphatic rings. The van der Waals surface area contributed by atoms with Crippen LogP contribution in [-0.2, 0) is 9.53 Å². The van der Waals surface area contributed by atoms with Crippen LogP contribution in [0.2, 0.25) is 0 Å². The molecule has 0 aromatic heterocycles. The van der Waals surface area contributed by atoms with E-state index in [1.807, 2.05) is 4.90 Å². The topological polar surface area (TPSA) is 85.7 Å². The van der Waals surface area contributed by atoms with E-state index in [2.05, 4.69) is 11.4 Å². The van der Waals surface area contributed by atoms with E-state index in [-0.39, 0.29) is 24.5 Å². The molecule has 2 amide bonds. The van der Waals surface area contributed by atoms with Crippen molar-refractivity contribution < 1.29 is 14.3 Å². The summed E-state index contributed by atoms with van der Waals surface area (Å²) in [6, 6.07) is 2.22. The molecule has 22 heavy (non-hydrogen) atoms. The van der Waals surface area contributed by atoms with E-state index in [0.29, 0.717) is 32.8 Å². The third-order valence-corrected chi connectivity index (χ3v) is 4.29. The summed E-state index contributed by atoms with van der Waals surface area (Å²) in [5, 5.41) is 12.1. The zero-order chi connectivity index (χ0) is 16.2. The van der Waals surface area contributed by atoms with Crippen LogP contribution in [0.4, 0.5) is 4.79 Å². The molecule has 0 aromatic carbocycles. The smallest absolute Gasteiger partial charge is 0.409 e. The van der Waals surface area contributed by atoms with E-state index >= 15 is 0 Å². The maximum absolute atomic E-state index is 12.1.